The van der Waals surface area contributed by atoms with Gasteiger partial charge in [-0.25, -0.2) is 9.98 Å². The van der Waals surface area contributed by atoms with Gasteiger partial charge in [-0.3, -0.25) is 0 Å². The summed E-state index contributed by atoms with van der Waals surface area (Å²) >= 11 is 1.66. The van der Waals surface area contributed by atoms with Gasteiger partial charge in [0.2, 0.25) is 0 Å². The van der Waals surface area contributed by atoms with E-state index >= 15 is 0 Å². The Morgan fingerprint density at radius 3 is 2.29 bits per heavy atom. The van der Waals surface area contributed by atoms with Gasteiger partial charge in [0.05, 0.1) is 45.7 Å². The molecule has 154 valence electrons. The van der Waals surface area contributed by atoms with E-state index in [0.717, 1.165) is 22.8 Å². The summed E-state index contributed by atoms with van der Waals surface area (Å²) in [7, 11) is 4.86. The normalized spacial score (nSPS) is 11.5. The zero-order valence-corrected chi connectivity index (χ0v) is 18.3. The van der Waals surface area contributed by atoms with Gasteiger partial charge in [0.1, 0.15) is 22.3 Å². The Balaban J connectivity index is 2.15. The van der Waals surface area contributed by atoms with Crippen molar-refractivity contribution in [2.45, 2.75) is 39.8 Å². The van der Waals surface area contributed by atoms with E-state index in [1.807, 2.05) is 19.1 Å². The van der Waals surface area contributed by atoms with Crippen LogP contribution in [0.2, 0.25) is 0 Å². The quantitative estimate of drug-likeness (QED) is 0.490. The minimum atomic E-state index is 0.404. The highest BCUT2D eigenvalue weighted by atomic mass is 32.1. The fourth-order valence-corrected chi connectivity index (χ4v) is 3.46. The Hall–Kier alpha value is -2.48. The molecule has 0 spiro atoms. The fraction of sp³-hybridized carbons (Fsp3) is 0.500. The number of benzene rings is 1. The summed E-state index contributed by atoms with van der Waals surface area (Å²) in [5.41, 5.74) is 1.98. The molecule has 0 saturated carbocycles. The van der Waals surface area contributed by atoms with Crippen LogP contribution in [0.5, 0.6) is 17.2 Å². The van der Waals surface area contributed by atoms with Crippen LogP contribution in [0.15, 0.2) is 22.5 Å². The lowest BCUT2D eigenvalue weighted by atomic mass is 10.1. The number of guanidine groups is 1. The van der Waals surface area contributed by atoms with E-state index in [1.165, 1.54) is 0 Å². The van der Waals surface area contributed by atoms with E-state index in [4.69, 9.17) is 14.2 Å². The molecule has 0 aliphatic carbocycles. The molecule has 8 heteroatoms. The van der Waals surface area contributed by atoms with Crippen LogP contribution in [0, 0.1) is 0 Å². The molecule has 0 atom stereocenters. The molecule has 0 saturated heterocycles. The highest BCUT2D eigenvalue weighted by Crippen LogP contribution is 2.34. The largest absolute Gasteiger partial charge is 0.496 e. The predicted octanol–water partition coefficient (Wildman–Crippen LogP) is 3.55. The zero-order chi connectivity index (χ0) is 20.5. The molecule has 28 heavy (non-hydrogen) atoms. The second-order valence-electron chi connectivity index (χ2n) is 6.38. The SMILES string of the molecule is CCNC(=NCc1c(OC)cc(OC)cc1OC)NCc1nc(C(C)C)cs1. The number of nitrogens with one attached hydrogen (secondary N) is 2. The van der Waals surface area contributed by atoms with Crippen LogP contribution in [-0.2, 0) is 13.1 Å². The highest BCUT2D eigenvalue weighted by molar-refractivity contribution is 7.09. The lowest BCUT2D eigenvalue weighted by molar-refractivity contribution is 0.369. The zero-order valence-electron chi connectivity index (χ0n) is 17.5. The van der Waals surface area contributed by atoms with Crippen molar-refractivity contribution in [1.82, 2.24) is 15.6 Å². The number of rotatable bonds is 9. The molecule has 2 N–H and O–H groups in total. The van der Waals surface area contributed by atoms with Crippen molar-refractivity contribution in [3.05, 3.63) is 33.8 Å². The van der Waals surface area contributed by atoms with Gasteiger partial charge in [-0.1, -0.05) is 13.8 Å². The standard InChI is InChI=1S/C20H30N4O3S/c1-7-21-20(23-11-19-24-16(12-28-19)13(2)3)22-10-15-17(26-5)8-14(25-4)9-18(15)27-6/h8-9,12-13H,7,10-11H2,1-6H3,(H2,21,22,23). The van der Waals surface area contributed by atoms with Crippen LogP contribution in [0.4, 0.5) is 0 Å². The van der Waals surface area contributed by atoms with E-state index in [9.17, 15) is 0 Å². The number of methoxy groups -OCH3 is 3. The van der Waals surface area contributed by atoms with E-state index in [-0.39, 0.29) is 0 Å². The lowest BCUT2D eigenvalue weighted by Crippen LogP contribution is -2.36. The van der Waals surface area contributed by atoms with Crippen molar-refractivity contribution in [2.24, 2.45) is 4.99 Å². The average molecular weight is 407 g/mol. The van der Waals surface area contributed by atoms with Crippen molar-refractivity contribution in [1.29, 1.82) is 0 Å². The van der Waals surface area contributed by atoms with E-state index in [1.54, 1.807) is 32.7 Å². The smallest absolute Gasteiger partial charge is 0.191 e. The summed E-state index contributed by atoms with van der Waals surface area (Å²) in [5.74, 6) is 3.18. The van der Waals surface area contributed by atoms with Gasteiger partial charge in [0.25, 0.3) is 0 Å². The topological polar surface area (TPSA) is 77.0 Å². The number of hydrogen-bond donors (Lipinski definition) is 2. The maximum Gasteiger partial charge on any atom is 0.191 e. The molecule has 2 rings (SSSR count). The van der Waals surface area contributed by atoms with Gasteiger partial charge in [-0.05, 0) is 12.8 Å². The van der Waals surface area contributed by atoms with Gasteiger partial charge in [-0.15, -0.1) is 11.3 Å². The van der Waals surface area contributed by atoms with Crippen LogP contribution >= 0.6 is 11.3 Å². The Labute approximate surface area is 171 Å². The molecular formula is C20H30N4O3S. The molecule has 0 aliphatic heterocycles. The molecule has 1 aromatic heterocycles. The summed E-state index contributed by atoms with van der Waals surface area (Å²) in [4.78, 5) is 9.34. The first-order valence-corrected chi connectivity index (χ1v) is 10.2. The lowest BCUT2D eigenvalue weighted by Gasteiger charge is -2.15. The molecule has 0 radical (unpaired) electrons. The molecule has 0 amide bonds. The Bertz CT molecular complexity index is 765. The van der Waals surface area contributed by atoms with Gasteiger partial charge in [0, 0.05) is 24.1 Å². The van der Waals surface area contributed by atoms with Gasteiger partial charge in [0.15, 0.2) is 5.96 Å². The van der Waals surface area contributed by atoms with Gasteiger partial charge < -0.3 is 24.8 Å². The molecule has 2 aromatic rings. The number of ether oxygens (including phenoxy) is 3. The molecule has 1 aromatic carbocycles. The number of aliphatic imine (C=N–C) groups is 1. The second-order valence-corrected chi connectivity index (χ2v) is 7.32. The first-order chi connectivity index (χ1) is 13.5. The Morgan fingerprint density at radius 1 is 1.11 bits per heavy atom. The van der Waals surface area contributed by atoms with Crippen LogP contribution in [-0.4, -0.2) is 38.8 Å². The van der Waals surface area contributed by atoms with Crippen LogP contribution in [0.25, 0.3) is 0 Å². The summed E-state index contributed by atoms with van der Waals surface area (Å²) in [5, 5.41) is 9.74. The maximum atomic E-state index is 5.50. The van der Waals surface area contributed by atoms with Crippen LogP contribution < -0.4 is 24.8 Å². The third kappa shape index (κ3) is 5.76. The number of nitrogens with zero attached hydrogens (tertiary/aromatic N) is 2. The van der Waals surface area contributed by atoms with Gasteiger partial charge >= 0.3 is 0 Å². The number of hydrogen-bond acceptors (Lipinski definition) is 6. The highest BCUT2D eigenvalue weighted by Gasteiger charge is 2.13. The first kappa shape index (κ1) is 21.8. The summed E-state index contributed by atoms with van der Waals surface area (Å²) in [6.07, 6.45) is 0. The predicted molar refractivity (Wildman–Crippen MR) is 114 cm³/mol. The first-order valence-electron chi connectivity index (χ1n) is 9.27. The average Bonchev–Trinajstić information content (AvgIpc) is 3.18. The number of aromatic nitrogens is 1. The minimum absolute atomic E-state index is 0.404. The molecule has 7 nitrogen and oxygen atoms in total. The molecular weight excluding hydrogens is 376 g/mol. The molecule has 0 unspecified atom stereocenters. The van der Waals surface area contributed by atoms with E-state index in [0.29, 0.717) is 42.2 Å². The summed E-state index contributed by atoms with van der Waals surface area (Å²) in [6.45, 7) is 8.12. The third-order valence-corrected chi connectivity index (χ3v) is 4.99. The van der Waals surface area contributed by atoms with Crippen molar-refractivity contribution >= 4 is 17.3 Å². The van der Waals surface area contributed by atoms with Gasteiger partial charge in [-0.2, -0.15) is 0 Å². The summed E-state index contributed by atoms with van der Waals surface area (Å²) < 4.78 is 16.3. The third-order valence-electron chi connectivity index (χ3n) is 4.12. The fourth-order valence-electron chi connectivity index (χ4n) is 2.56. The number of thiazole rings is 1. The second kappa shape index (κ2) is 10.8. The Kier molecular flexibility index (Phi) is 8.38. The van der Waals surface area contributed by atoms with Crippen molar-refractivity contribution in [3.8, 4) is 17.2 Å². The monoisotopic (exact) mass is 406 g/mol. The van der Waals surface area contributed by atoms with Crippen molar-refractivity contribution < 1.29 is 14.2 Å². The van der Waals surface area contributed by atoms with Crippen LogP contribution in [0.1, 0.15) is 43.0 Å². The van der Waals surface area contributed by atoms with Crippen molar-refractivity contribution in [3.63, 3.8) is 0 Å². The molecule has 1 heterocycles. The Morgan fingerprint density at radius 2 is 1.79 bits per heavy atom. The summed E-state index contributed by atoms with van der Waals surface area (Å²) in [6, 6.07) is 3.66. The molecule has 0 bridgehead atoms. The van der Waals surface area contributed by atoms with E-state index < -0.39 is 0 Å². The maximum absolute atomic E-state index is 5.50. The van der Waals surface area contributed by atoms with Crippen molar-refractivity contribution in [2.75, 3.05) is 27.9 Å². The molecule has 0 fully saturated rings. The van der Waals surface area contributed by atoms with Crippen LogP contribution in [0.3, 0.4) is 0 Å². The minimum Gasteiger partial charge on any atom is -0.496 e. The molecule has 0 aliphatic rings. The van der Waals surface area contributed by atoms with E-state index in [2.05, 4.69) is 39.8 Å².